The van der Waals surface area contributed by atoms with Crippen molar-refractivity contribution in [3.8, 4) is 17.2 Å². The van der Waals surface area contributed by atoms with E-state index in [9.17, 15) is 10.1 Å². The molecule has 1 aromatic carbocycles. The first-order valence-corrected chi connectivity index (χ1v) is 8.15. The number of morpholine rings is 1. The van der Waals surface area contributed by atoms with E-state index in [1.165, 1.54) is 0 Å². The van der Waals surface area contributed by atoms with Crippen LogP contribution in [0.1, 0.15) is 27.9 Å². The minimum absolute atomic E-state index is 0.262. The highest BCUT2D eigenvalue weighted by atomic mass is 16.5. The van der Waals surface area contributed by atoms with Gasteiger partial charge in [0.15, 0.2) is 5.69 Å². The zero-order chi connectivity index (χ0) is 17.8. The van der Waals surface area contributed by atoms with Crippen molar-refractivity contribution in [2.75, 3.05) is 33.4 Å². The number of carbonyl (C=O) groups is 1. The van der Waals surface area contributed by atoms with Crippen molar-refractivity contribution in [3.63, 3.8) is 0 Å². The molecule has 1 aromatic heterocycles. The van der Waals surface area contributed by atoms with Gasteiger partial charge in [0.1, 0.15) is 11.8 Å². The predicted molar refractivity (Wildman–Crippen MR) is 90.8 cm³/mol. The van der Waals surface area contributed by atoms with Gasteiger partial charge < -0.3 is 14.6 Å². The molecule has 130 valence electrons. The number of nitrogens with zero attached hydrogens (tertiary/aromatic N) is 3. The molecule has 1 aliphatic rings. The van der Waals surface area contributed by atoms with Crippen molar-refractivity contribution in [1.29, 1.82) is 5.26 Å². The number of nitriles is 1. The van der Waals surface area contributed by atoms with Crippen LogP contribution >= 0.6 is 0 Å². The van der Waals surface area contributed by atoms with Crippen molar-refractivity contribution >= 4 is 5.91 Å². The van der Waals surface area contributed by atoms with Crippen LogP contribution in [0.25, 0.3) is 11.1 Å². The Morgan fingerprint density at radius 2 is 2.00 bits per heavy atom. The first-order chi connectivity index (χ1) is 12.2. The molecular formula is C18H20N4O3. The fourth-order valence-corrected chi connectivity index (χ4v) is 3.02. The Bertz CT molecular complexity index is 786. The third kappa shape index (κ3) is 3.40. The smallest absolute Gasteiger partial charge is 0.273 e. The van der Waals surface area contributed by atoms with E-state index in [0.717, 1.165) is 24.2 Å². The molecule has 0 saturated carbocycles. The average Bonchev–Trinajstić information content (AvgIpc) is 3.05. The summed E-state index contributed by atoms with van der Waals surface area (Å²) < 4.78 is 10.5. The lowest BCUT2D eigenvalue weighted by atomic mass is 9.99. The molecule has 0 bridgehead atoms. The summed E-state index contributed by atoms with van der Waals surface area (Å²) in [4.78, 5) is 14.1. The molecule has 0 aliphatic carbocycles. The summed E-state index contributed by atoms with van der Waals surface area (Å²) in [5.74, 6) is 0.288. The van der Waals surface area contributed by atoms with Gasteiger partial charge in [0.2, 0.25) is 0 Å². The Labute approximate surface area is 146 Å². The van der Waals surface area contributed by atoms with Crippen molar-refractivity contribution in [1.82, 2.24) is 15.4 Å². The fourth-order valence-electron chi connectivity index (χ4n) is 3.02. The van der Waals surface area contributed by atoms with Gasteiger partial charge in [-0.1, -0.05) is 29.4 Å². The van der Waals surface area contributed by atoms with Crippen molar-refractivity contribution in [3.05, 3.63) is 41.3 Å². The molecule has 1 unspecified atom stereocenters. The Morgan fingerprint density at radius 1 is 1.32 bits per heavy atom. The molecule has 1 saturated heterocycles. The fraction of sp³-hybridized carbons (Fsp3) is 0.389. The summed E-state index contributed by atoms with van der Waals surface area (Å²) in [5, 5.41) is 16.0. The number of hydrogen-bond donors (Lipinski definition) is 1. The summed E-state index contributed by atoms with van der Waals surface area (Å²) in [7, 11) is 1.55. The minimum atomic E-state index is -0.306. The maximum atomic E-state index is 12.0. The molecule has 7 nitrogen and oxygen atoms in total. The Morgan fingerprint density at radius 3 is 2.60 bits per heavy atom. The molecule has 2 heterocycles. The number of aryl methyl sites for hydroxylation is 1. The molecule has 1 atom stereocenters. The quantitative estimate of drug-likeness (QED) is 0.914. The average molecular weight is 340 g/mol. The van der Waals surface area contributed by atoms with Crippen molar-refractivity contribution in [2.24, 2.45) is 0 Å². The second-order valence-corrected chi connectivity index (χ2v) is 5.84. The van der Waals surface area contributed by atoms with Crippen LogP contribution in [0.5, 0.6) is 0 Å². The van der Waals surface area contributed by atoms with Gasteiger partial charge in [0.05, 0.1) is 24.8 Å². The van der Waals surface area contributed by atoms with Crippen LogP contribution < -0.4 is 5.32 Å². The molecule has 1 amide bonds. The Kier molecular flexibility index (Phi) is 5.12. The normalized spacial score (nSPS) is 16.2. The molecule has 1 N–H and O–H groups in total. The van der Waals surface area contributed by atoms with E-state index in [1.807, 2.05) is 24.3 Å². The highest BCUT2D eigenvalue weighted by Gasteiger charge is 2.24. The summed E-state index contributed by atoms with van der Waals surface area (Å²) in [6, 6.07) is 9.68. The second kappa shape index (κ2) is 7.47. The zero-order valence-corrected chi connectivity index (χ0v) is 14.3. The summed E-state index contributed by atoms with van der Waals surface area (Å²) in [6.45, 7) is 4.54. The van der Waals surface area contributed by atoms with Crippen LogP contribution in [-0.4, -0.2) is 49.3 Å². The van der Waals surface area contributed by atoms with Crippen molar-refractivity contribution in [2.45, 2.75) is 13.0 Å². The summed E-state index contributed by atoms with van der Waals surface area (Å²) >= 11 is 0. The van der Waals surface area contributed by atoms with Gasteiger partial charge in [-0.3, -0.25) is 9.69 Å². The molecular weight excluding hydrogens is 320 g/mol. The number of amides is 1. The first-order valence-electron chi connectivity index (χ1n) is 8.15. The SMILES string of the molecule is CNC(=O)c1noc(C)c1-c1ccc(C(C#N)N2CCOCC2)cc1. The molecule has 0 radical (unpaired) electrons. The number of ether oxygens (including phenoxy) is 1. The minimum Gasteiger partial charge on any atom is -0.379 e. The molecule has 1 aliphatic heterocycles. The van der Waals surface area contributed by atoms with Crippen LogP contribution in [0, 0.1) is 18.3 Å². The molecule has 2 aromatic rings. The summed E-state index contributed by atoms with van der Waals surface area (Å²) in [6.07, 6.45) is 0. The Hall–Kier alpha value is -2.69. The second-order valence-electron chi connectivity index (χ2n) is 5.84. The van der Waals surface area contributed by atoms with E-state index >= 15 is 0 Å². The van der Waals surface area contributed by atoms with Gasteiger partial charge in [0, 0.05) is 20.1 Å². The molecule has 7 heteroatoms. The van der Waals surface area contributed by atoms with E-state index in [4.69, 9.17) is 9.26 Å². The third-order valence-corrected chi connectivity index (χ3v) is 4.35. The number of rotatable bonds is 4. The van der Waals surface area contributed by atoms with Gasteiger partial charge in [-0.2, -0.15) is 5.26 Å². The molecule has 0 spiro atoms. The van der Waals surface area contributed by atoms with E-state index in [2.05, 4.69) is 21.4 Å². The standard InChI is InChI=1S/C18H20N4O3/c1-12-16(17(21-25-12)18(23)20-2)14-5-3-13(4-6-14)15(11-19)22-7-9-24-10-8-22/h3-6,15H,7-10H2,1-2H3,(H,20,23). The summed E-state index contributed by atoms with van der Waals surface area (Å²) in [5.41, 5.74) is 2.69. The van der Waals surface area contributed by atoms with E-state index in [-0.39, 0.29) is 17.6 Å². The molecule has 25 heavy (non-hydrogen) atoms. The van der Waals surface area contributed by atoms with Gasteiger partial charge >= 0.3 is 0 Å². The third-order valence-electron chi connectivity index (χ3n) is 4.35. The number of aromatic nitrogens is 1. The van der Waals surface area contributed by atoms with Gasteiger partial charge in [0.25, 0.3) is 5.91 Å². The molecule has 1 fully saturated rings. The van der Waals surface area contributed by atoms with Gasteiger partial charge in [-0.05, 0) is 18.1 Å². The highest BCUT2D eigenvalue weighted by Crippen LogP contribution is 2.29. The first kappa shape index (κ1) is 17.1. The monoisotopic (exact) mass is 340 g/mol. The number of nitrogens with one attached hydrogen (secondary N) is 1. The number of benzene rings is 1. The predicted octanol–water partition coefficient (Wildman–Crippen LogP) is 1.91. The molecule has 3 rings (SSSR count). The van der Waals surface area contributed by atoms with Crippen molar-refractivity contribution < 1.29 is 14.1 Å². The van der Waals surface area contributed by atoms with Crippen LogP contribution in [-0.2, 0) is 4.74 Å². The van der Waals surface area contributed by atoms with Gasteiger partial charge in [-0.15, -0.1) is 0 Å². The maximum absolute atomic E-state index is 12.0. The largest absolute Gasteiger partial charge is 0.379 e. The van der Waals surface area contributed by atoms with Crippen LogP contribution in [0.2, 0.25) is 0 Å². The van der Waals surface area contributed by atoms with Crippen LogP contribution in [0.3, 0.4) is 0 Å². The lowest BCUT2D eigenvalue weighted by Gasteiger charge is -2.30. The van der Waals surface area contributed by atoms with Gasteiger partial charge in [-0.25, -0.2) is 0 Å². The maximum Gasteiger partial charge on any atom is 0.273 e. The van der Waals surface area contributed by atoms with E-state index in [1.54, 1.807) is 14.0 Å². The zero-order valence-electron chi connectivity index (χ0n) is 14.3. The lowest BCUT2D eigenvalue weighted by molar-refractivity contribution is 0.0266. The van der Waals surface area contributed by atoms with E-state index in [0.29, 0.717) is 24.5 Å². The number of hydrogen-bond acceptors (Lipinski definition) is 6. The number of carbonyl (C=O) groups excluding carboxylic acids is 1. The highest BCUT2D eigenvalue weighted by molar-refractivity contribution is 5.99. The lowest BCUT2D eigenvalue weighted by Crippen LogP contribution is -2.38. The van der Waals surface area contributed by atoms with E-state index < -0.39 is 0 Å². The Balaban J connectivity index is 1.89. The van der Waals surface area contributed by atoms with Crippen LogP contribution in [0.4, 0.5) is 0 Å². The topological polar surface area (TPSA) is 91.4 Å². The van der Waals surface area contributed by atoms with Crippen LogP contribution in [0.15, 0.2) is 28.8 Å².